The lowest BCUT2D eigenvalue weighted by atomic mass is 9.85. The molecule has 0 radical (unpaired) electrons. The van der Waals surface area contributed by atoms with E-state index in [4.69, 9.17) is 4.74 Å². The summed E-state index contributed by atoms with van der Waals surface area (Å²) in [5.74, 6) is -1.76. The van der Waals surface area contributed by atoms with Gasteiger partial charge in [0.2, 0.25) is 0 Å². The molecular formula is C17H23F2NO2. The van der Waals surface area contributed by atoms with Gasteiger partial charge in [-0.15, -0.1) is 0 Å². The lowest BCUT2D eigenvalue weighted by molar-refractivity contribution is -0.149. The smallest absolute Gasteiger partial charge is 0.308 e. The second-order valence-electron chi connectivity index (χ2n) is 5.86. The van der Waals surface area contributed by atoms with E-state index < -0.39 is 11.6 Å². The monoisotopic (exact) mass is 311 g/mol. The van der Waals surface area contributed by atoms with Gasteiger partial charge < -0.3 is 10.1 Å². The molecule has 0 heterocycles. The Morgan fingerprint density at radius 2 is 1.95 bits per heavy atom. The Kier molecular flexibility index (Phi) is 5.89. The molecule has 1 atom stereocenters. The maximum atomic E-state index is 13.3. The van der Waals surface area contributed by atoms with Crippen LogP contribution >= 0.6 is 0 Å². The van der Waals surface area contributed by atoms with Crippen molar-refractivity contribution in [3.63, 3.8) is 0 Å². The maximum absolute atomic E-state index is 13.3. The SMILES string of the molecule is CCOC(=O)C1CCC(NC(C)c2ccc(F)c(F)c2)CC1. The quantitative estimate of drug-likeness (QED) is 0.842. The molecule has 0 spiro atoms. The number of carbonyl (C=O) groups is 1. The molecular weight excluding hydrogens is 288 g/mol. The van der Waals surface area contributed by atoms with Crippen LogP contribution in [0.15, 0.2) is 18.2 Å². The Labute approximate surface area is 130 Å². The van der Waals surface area contributed by atoms with Crippen molar-refractivity contribution >= 4 is 5.97 Å². The minimum atomic E-state index is -0.828. The van der Waals surface area contributed by atoms with Crippen LogP contribution in [0.5, 0.6) is 0 Å². The number of hydrogen-bond donors (Lipinski definition) is 1. The van der Waals surface area contributed by atoms with Gasteiger partial charge in [-0.1, -0.05) is 6.07 Å². The topological polar surface area (TPSA) is 38.3 Å². The van der Waals surface area contributed by atoms with E-state index in [-0.39, 0.29) is 24.0 Å². The summed E-state index contributed by atoms with van der Waals surface area (Å²) in [7, 11) is 0. The Morgan fingerprint density at radius 3 is 2.55 bits per heavy atom. The molecule has 1 fully saturated rings. The van der Waals surface area contributed by atoms with Gasteiger partial charge in [-0.3, -0.25) is 4.79 Å². The lowest BCUT2D eigenvalue weighted by Gasteiger charge is -2.30. The first-order chi connectivity index (χ1) is 10.5. The second-order valence-corrected chi connectivity index (χ2v) is 5.86. The van der Waals surface area contributed by atoms with E-state index in [0.29, 0.717) is 6.61 Å². The molecule has 1 aromatic rings. The summed E-state index contributed by atoms with van der Waals surface area (Å²) < 4.78 is 31.3. The maximum Gasteiger partial charge on any atom is 0.308 e. The molecule has 0 amide bonds. The van der Waals surface area contributed by atoms with E-state index in [1.807, 2.05) is 13.8 Å². The van der Waals surface area contributed by atoms with Gasteiger partial charge in [0.1, 0.15) is 0 Å². The zero-order valence-corrected chi connectivity index (χ0v) is 13.1. The van der Waals surface area contributed by atoms with Crippen LogP contribution in [0.25, 0.3) is 0 Å². The van der Waals surface area contributed by atoms with E-state index in [1.54, 1.807) is 6.07 Å². The van der Waals surface area contributed by atoms with Crippen molar-refractivity contribution in [2.75, 3.05) is 6.61 Å². The predicted octanol–water partition coefficient (Wildman–Crippen LogP) is 3.74. The van der Waals surface area contributed by atoms with Gasteiger partial charge >= 0.3 is 5.97 Å². The predicted molar refractivity (Wildman–Crippen MR) is 80.3 cm³/mol. The molecule has 0 saturated heterocycles. The average Bonchev–Trinajstić information content (AvgIpc) is 2.51. The van der Waals surface area contributed by atoms with Crippen molar-refractivity contribution in [3.8, 4) is 0 Å². The zero-order chi connectivity index (χ0) is 16.1. The molecule has 3 nitrogen and oxygen atoms in total. The summed E-state index contributed by atoms with van der Waals surface area (Å²) >= 11 is 0. The Morgan fingerprint density at radius 1 is 1.27 bits per heavy atom. The minimum Gasteiger partial charge on any atom is -0.466 e. The zero-order valence-electron chi connectivity index (χ0n) is 13.1. The Balaban J connectivity index is 1.85. The number of nitrogens with one attached hydrogen (secondary N) is 1. The fourth-order valence-corrected chi connectivity index (χ4v) is 2.99. The number of rotatable bonds is 5. The van der Waals surface area contributed by atoms with Gasteiger partial charge in [0.15, 0.2) is 11.6 Å². The molecule has 1 unspecified atom stereocenters. The Hall–Kier alpha value is -1.49. The summed E-state index contributed by atoms with van der Waals surface area (Å²) in [5, 5.41) is 3.43. The van der Waals surface area contributed by atoms with Crippen LogP contribution < -0.4 is 5.32 Å². The first-order valence-corrected chi connectivity index (χ1v) is 7.89. The average molecular weight is 311 g/mol. The third-order valence-electron chi connectivity index (χ3n) is 4.28. The molecule has 1 saturated carbocycles. The number of benzene rings is 1. The van der Waals surface area contributed by atoms with Crippen LogP contribution in [0, 0.1) is 17.6 Å². The molecule has 1 aliphatic rings. The first-order valence-electron chi connectivity index (χ1n) is 7.89. The van der Waals surface area contributed by atoms with Crippen molar-refractivity contribution in [3.05, 3.63) is 35.4 Å². The van der Waals surface area contributed by atoms with Gasteiger partial charge in [0, 0.05) is 12.1 Å². The highest BCUT2D eigenvalue weighted by Crippen LogP contribution is 2.27. The molecule has 1 N–H and O–H groups in total. The molecule has 0 aromatic heterocycles. The summed E-state index contributed by atoms with van der Waals surface area (Å²) in [6.07, 6.45) is 3.39. The molecule has 1 aliphatic carbocycles. The van der Waals surface area contributed by atoms with Crippen molar-refractivity contribution in [1.29, 1.82) is 0 Å². The standard InChI is InChI=1S/C17H23F2NO2/c1-3-22-17(21)12-4-7-14(8-5-12)20-11(2)13-6-9-15(18)16(19)10-13/h6,9-12,14,20H,3-5,7-8H2,1-2H3. The highest BCUT2D eigenvalue weighted by molar-refractivity contribution is 5.72. The van der Waals surface area contributed by atoms with Crippen LogP contribution in [-0.2, 0) is 9.53 Å². The van der Waals surface area contributed by atoms with Gasteiger partial charge in [-0.25, -0.2) is 8.78 Å². The normalized spacial score (nSPS) is 23.1. The highest BCUT2D eigenvalue weighted by atomic mass is 19.2. The van der Waals surface area contributed by atoms with Gasteiger partial charge in [-0.05, 0) is 57.2 Å². The van der Waals surface area contributed by atoms with E-state index in [9.17, 15) is 13.6 Å². The number of esters is 1. The van der Waals surface area contributed by atoms with Crippen LogP contribution in [0.4, 0.5) is 8.78 Å². The summed E-state index contributed by atoms with van der Waals surface area (Å²) in [6.45, 7) is 4.17. The third kappa shape index (κ3) is 4.26. The molecule has 1 aromatic carbocycles. The fraction of sp³-hybridized carbons (Fsp3) is 0.588. The number of carbonyl (C=O) groups excluding carboxylic acids is 1. The molecule has 22 heavy (non-hydrogen) atoms. The van der Waals surface area contributed by atoms with Gasteiger partial charge in [0.25, 0.3) is 0 Å². The highest BCUT2D eigenvalue weighted by Gasteiger charge is 2.27. The lowest BCUT2D eigenvalue weighted by Crippen LogP contribution is -2.36. The van der Waals surface area contributed by atoms with Crippen LogP contribution in [0.3, 0.4) is 0 Å². The minimum absolute atomic E-state index is 0.00317. The van der Waals surface area contributed by atoms with E-state index in [1.165, 1.54) is 6.07 Å². The molecule has 2 rings (SSSR count). The third-order valence-corrected chi connectivity index (χ3v) is 4.28. The largest absolute Gasteiger partial charge is 0.466 e. The number of ether oxygens (including phenoxy) is 1. The van der Waals surface area contributed by atoms with Crippen LogP contribution in [0.2, 0.25) is 0 Å². The fourth-order valence-electron chi connectivity index (χ4n) is 2.99. The molecule has 0 aliphatic heterocycles. The van der Waals surface area contributed by atoms with Crippen molar-refractivity contribution in [1.82, 2.24) is 5.32 Å². The van der Waals surface area contributed by atoms with Crippen molar-refractivity contribution in [2.45, 2.75) is 51.6 Å². The summed E-state index contributed by atoms with van der Waals surface area (Å²) in [4.78, 5) is 11.7. The first kappa shape index (κ1) is 16.9. The van der Waals surface area contributed by atoms with Crippen LogP contribution in [0.1, 0.15) is 51.1 Å². The van der Waals surface area contributed by atoms with Crippen molar-refractivity contribution < 1.29 is 18.3 Å². The number of halogens is 2. The van der Waals surface area contributed by atoms with E-state index in [0.717, 1.165) is 37.3 Å². The summed E-state index contributed by atoms with van der Waals surface area (Å²) in [6, 6.07) is 4.21. The van der Waals surface area contributed by atoms with Crippen molar-refractivity contribution in [2.24, 2.45) is 5.92 Å². The Bertz CT molecular complexity index is 513. The van der Waals surface area contributed by atoms with E-state index in [2.05, 4.69) is 5.32 Å². The second kappa shape index (κ2) is 7.68. The molecule has 122 valence electrons. The number of hydrogen-bond acceptors (Lipinski definition) is 3. The molecule has 5 heteroatoms. The summed E-state index contributed by atoms with van der Waals surface area (Å²) in [5.41, 5.74) is 0.728. The van der Waals surface area contributed by atoms with Gasteiger partial charge in [-0.2, -0.15) is 0 Å². The van der Waals surface area contributed by atoms with Crippen LogP contribution in [-0.4, -0.2) is 18.6 Å². The molecule has 0 bridgehead atoms. The van der Waals surface area contributed by atoms with Gasteiger partial charge in [0.05, 0.1) is 12.5 Å². The van der Waals surface area contributed by atoms with E-state index >= 15 is 0 Å².